The van der Waals surface area contributed by atoms with E-state index >= 15 is 0 Å². The number of hydrogen-bond donors (Lipinski definition) is 1. The van der Waals surface area contributed by atoms with Crippen molar-refractivity contribution in [3.8, 4) is 0 Å². The first-order valence-electron chi connectivity index (χ1n) is 7.17. The third-order valence-electron chi connectivity index (χ3n) is 4.68. The lowest BCUT2D eigenvalue weighted by molar-refractivity contribution is 0.0972. The van der Waals surface area contributed by atoms with Crippen molar-refractivity contribution in [2.75, 3.05) is 13.7 Å². The molecule has 0 unspecified atom stereocenters. The molecule has 2 aliphatic carbocycles. The molecule has 1 aromatic carbocycles. The molecule has 6 heteroatoms. The van der Waals surface area contributed by atoms with Crippen LogP contribution in [0.2, 0.25) is 0 Å². The molecule has 5 nitrogen and oxygen atoms in total. The van der Waals surface area contributed by atoms with Crippen LogP contribution in [-0.4, -0.2) is 42.8 Å². The van der Waals surface area contributed by atoms with Gasteiger partial charge in [-0.3, -0.25) is 4.79 Å². The van der Waals surface area contributed by atoms with E-state index in [1.54, 1.807) is 12.1 Å². The van der Waals surface area contributed by atoms with Crippen molar-refractivity contribution in [2.24, 2.45) is 0 Å². The predicted molar refractivity (Wildman–Crippen MR) is 77.7 cm³/mol. The Hall–Kier alpha value is -1.24. The minimum atomic E-state index is -3.68. The zero-order valence-electron chi connectivity index (χ0n) is 12.0. The Labute approximate surface area is 124 Å². The summed E-state index contributed by atoms with van der Waals surface area (Å²) in [5.41, 5.74) is 0.805. The number of aliphatic hydroxyl groups excluding tert-OH is 1. The van der Waals surface area contributed by atoms with E-state index in [9.17, 15) is 18.3 Å². The number of nitrogens with zero attached hydrogens (tertiary/aromatic N) is 1. The molecular formula is C15H19NO4S. The molecule has 3 rings (SSSR count). The van der Waals surface area contributed by atoms with Crippen LogP contribution in [0.1, 0.15) is 41.6 Å². The summed E-state index contributed by atoms with van der Waals surface area (Å²) in [7, 11) is -2.18. The van der Waals surface area contributed by atoms with Crippen LogP contribution in [0.15, 0.2) is 23.1 Å². The Bertz CT molecular complexity index is 692. The number of sulfonamides is 1. The van der Waals surface area contributed by atoms with E-state index in [0.717, 1.165) is 18.4 Å². The summed E-state index contributed by atoms with van der Waals surface area (Å²) >= 11 is 0. The van der Waals surface area contributed by atoms with Crippen LogP contribution < -0.4 is 0 Å². The summed E-state index contributed by atoms with van der Waals surface area (Å²) in [6.07, 6.45) is 3.46. The van der Waals surface area contributed by atoms with Crippen LogP contribution in [-0.2, 0) is 16.4 Å². The molecule has 1 fully saturated rings. The molecular weight excluding hydrogens is 290 g/mol. The fraction of sp³-hybridized carbons (Fsp3) is 0.533. The quantitative estimate of drug-likeness (QED) is 0.911. The summed E-state index contributed by atoms with van der Waals surface area (Å²) < 4.78 is 26.6. The van der Waals surface area contributed by atoms with Gasteiger partial charge in [-0.1, -0.05) is 6.07 Å². The number of ketones is 1. The van der Waals surface area contributed by atoms with Crippen molar-refractivity contribution in [1.29, 1.82) is 0 Å². The van der Waals surface area contributed by atoms with E-state index in [2.05, 4.69) is 0 Å². The van der Waals surface area contributed by atoms with E-state index < -0.39 is 15.6 Å². The number of carbonyl (C=O) groups excluding carboxylic acids is 1. The van der Waals surface area contributed by atoms with Crippen molar-refractivity contribution < 1.29 is 18.3 Å². The summed E-state index contributed by atoms with van der Waals surface area (Å²) in [5.74, 6) is 0.0132. The van der Waals surface area contributed by atoms with Gasteiger partial charge in [0.25, 0.3) is 0 Å². The lowest BCUT2D eigenvalue weighted by Crippen LogP contribution is -2.41. The minimum Gasteiger partial charge on any atom is -0.394 e. The molecule has 0 saturated heterocycles. The third kappa shape index (κ3) is 2.31. The number of hydrogen-bond acceptors (Lipinski definition) is 4. The van der Waals surface area contributed by atoms with Crippen molar-refractivity contribution >= 4 is 15.8 Å². The van der Waals surface area contributed by atoms with Crippen molar-refractivity contribution in [3.05, 3.63) is 29.3 Å². The largest absolute Gasteiger partial charge is 0.394 e. The van der Waals surface area contributed by atoms with Crippen LogP contribution in [0.25, 0.3) is 0 Å². The van der Waals surface area contributed by atoms with Crippen molar-refractivity contribution in [1.82, 2.24) is 4.31 Å². The highest BCUT2D eigenvalue weighted by Gasteiger charge is 2.50. The van der Waals surface area contributed by atoms with Gasteiger partial charge in [-0.25, -0.2) is 8.42 Å². The SMILES string of the molecule is CN(C1(CO)CC1)S(=O)(=O)c1ccc2c(c1)C(=O)CCC2. The first-order chi connectivity index (χ1) is 9.90. The van der Waals surface area contributed by atoms with Gasteiger partial charge in [0.15, 0.2) is 5.78 Å². The number of aliphatic hydroxyl groups is 1. The van der Waals surface area contributed by atoms with Gasteiger partial charge in [0.1, 0.15) is 0 Å². The molecule has 0 heterocycles. The molecule has 0 spiro atoms. The second-order valence-corrected chi connectivity index (χ2v) is 7.92. The monoisotopic (exact) mass is 309 g/mol. The maximum absolute atomic E-state index is 12.7. The summed E-state index contributed by atoms with van der Waals surface area (Å²) in [6, 6.07) is 4.80. The number of rotatable bonds is 4. The van der Waals surface area contributed by atoms with Gasteiger partial charge in [-0.05, 0) is 43.4 Å². The van der Waals surface area contributed by atoms with E-state index in [-0.39, 0.29) is 17.3 Å². The second kappa shape index (κ2) is 4.90. The number of likely N-dealkylation sites (N-methyl/N-ethyl adjacent to an activating group) is 1. The van der Waals surface area contributed by atoms with Crippen LogP contribution in [0.4, 0.5) is 0 Å². The Kier molecular flexibility index (Phi) is 3.43. The predicted octanol–water partition coefficient (Wildman–Crippen LogP) is 1.35. The lowest BCUT2D eigenvalue weighted by atomic mass is 9.91. The number of benzene rings is 1. The van der Waals surface area contributed by atoms with Gasteiger partial charge in [-0.15, -0.1) is 0 Å². The smallest absolute Gasteiger partial charge is 0.243 e. The topological polar surface area (TPSA) is 74.7 Å². The van der Waals surface area contributed by atoms with E-state index in [1.807, 2.05) is 0 Å². The fourth-order valence-electron chi connectivity index (χ4n) is 2.90. The average molecular weight is 309 g/mol. The summed E-state index contributed by atoms with van der Waals surface area (Å²) in [6.45, 7) is -0.174. The minimum absolute atomic E-state index is 0.0132. The number of Topliss-reactive ketones (excluding diaryl/α,β-unsaturated/α-hetero) is 1. The zero-order chi connectivity index (χ0) is 15.3. The highest BCUT2D eigenvalue weighted by molar-refractivity contribution is 7.89. The Morgan fingerprint density at radius 1 is 1.29 bits per heavy atom. The molecule has 0 amide bonds. The average Bonchev–Trinajstić information content (AvgIpc) is 3.27. The van der Waals surface area contributed by atoms with Crippen LogP contribution in [0.3, 0.4) is 0 Å². The first-order valence-corrected chi connectivity index (χ1v) is 8.61. The fourth-order valence-corrected chi connectivity index (χ4v) is 4.47. The van der Waals surface area contributed by atoms with Crippen LogP contribution in [0.5, 0.6) is 0 Å². The molecule has 1 N–H and O–H groups in total. The second-order valence-electron chi connectivity index (χ2n) is 5.95. The third-order valence-corrected chi connectivity index (χ3v) is 6.64. The van der Waals surface area contributed by atoms with Gasteiger partial charge in [0.2, 0.25) is 10.0 Å². The van der Waals surface area contributed by atoms with Crippen molar-refractivity contribution in [2.45, 2.75) is 42.5 Å². The summed E-state index contributed by atoms with van der Waals surface area (Å²) in [5, 5.41) is 9.41. The van der Waals surface area contributed by atoms with E-state index in [4.69, 9.17) is 0 Å². The molecule has 0 atom stereocenters. The molecule has 2 aliphatic rings. The Morgan fingerprint density at radius 3 is 2.62 bits per heavy atom. The van der Waals surface area contributed by atoms with Crippen LogP contribution >= 0.6 is 0 Å². The molecule has 0 bridgehead atoms. The summed E-state index contributed by atoms with van der Waals surface area (Å²) in [4.78, 5) is 12.1. The molecule has 114 valence electrons. The maximum Gasteiger partial charge on any atom is 0.243 e. The van der Waals surface area contributed by atoms with Gasteiger partial charge in [0.05, 0.1) is 17.0 Å². The molecule has 1 saturated carbocycles. The molecule has 21 heavy (non-hydrogen) atoms. The standard InChI is InChI=1S/C15H19NO4S/c1-16(15(10-17)7-8-15)21(19,20)12-6-5-11-3-2-4-14(18)13(11)9-12/h5-6,9,17H,2-4,7-8,10H2,1H3. The van der Waals surface area contributed by atoms with Crippen molar-refractivity contribution in [3.63, 3.8) is 0 Å². The molecule has 0 aromatic heterocycles. The highest BCUT2D eigenvalue weighted by atomic mass is 32.2. The number of aryl methyl sites for hydroxylation is 1. The van der Waals surface area contributed by atoms with E-state index in [1.165, 1.54) is 17.4 Å². The Balaban J connectivity index is 2.00. The van der Waals surface area contributed by atoms with Gasteiger partial charge in [0, 0.05) is 19.0 Å². The van der Waals surface area contributed by atoms with Gasteiger partial charge in [-0.2, -0.15) is 4.31 Å². The first kappa shape index (κ1) is 14.7. The van der Waals surface area contributed by atoms with Crippen LogP contribution in [0, 0.1) is 0 Å². The van der Waals surface area contributed by atoms with Gasteiger partial charge < -0.3 is 5.11 Å². The molecule has 1 aromatic rings. The Morgan fingerprint density at radius 2 is 2.00 bits per heavy atom. The normalized spacial score (nSPS) is 20.4. The number of fused-ring (bicyclic) bond motifs is 1. The molecule has 0 aliphatic heterocycles. The lowest BCUT2D eigenvalue weighted by Gasteiger charge is -2.26. The maximum atomic E-state index is 12.7. The zero-order valence-corrected chi connectivity index (χ0v) is 12.8. The number of carbonyl (C=O) groups is 1. The molecule has 0 radical (unpaired) electrons. The van der Waals surface area contributed by atoms with Gasteiger partial charge >= 0.3 is 0 Å². The van der Waals surface area contributed by atoms with E-state index in [0.29, 0.717) is 24.8 Å². The highest BCUT2D eigenvalue weighted by Crippen LogP contribution is 2.43.